The van der Waals surface area contributed by atoms with Gasteiger partial charge in [-0.3, -0.25) is 9.59 Å². The van der Waals surface area contributed by atoms with Gasteiger partial charge in [-0.05, 0) is 42.5 Å². The number of carbonyl (C=O) groups is 3. The Kier molecular flexibility index (Phi) is 7.25. The van der Waals surface area contributed by atoms with Crippen molar-refractivity contribution in [3.63, 3.8) is 0 Å². The van der Waals surface area contributed by atoms with Crippen LogP contribution in [0.25, 0.3) is 22.2 Å². The van der Waals surface area contributed by atoms with Crippen LogP contribution < -0.4 is 0 Å². The van der Waals surface area contributed by atoms with Crippen molar-refractivity contribution in [2.24, 2.45) is 0 Å². The predicted molar refractivity (Wildman–Crippen MR) is 132 cm³/mol. The number of hydrogen-bond acceptors (Lipinski definition) is 5. The minimum atomic E-state index is -4.89. The van der Waals surface area contributed by atoms with E-state index in [0.29, 0.717) is 10.9 Å². The number of carbonyl (C=O) groups excluding carboxylic acids is 2. The Balaban J connectivity index is 1.96. The highest BCUT2D eigenvalue weighted by Gasteiger charge is 2.37. The molecule has 0 atom stereocenters. The van der Waals surface area contributed by atoms with Crippen LogP contribution in [0.1, 0.15) is 36.6 Å². The third-order valence-corrected chi connectivity index (χ3v) is 6.16. The fourth-order valence-electron chi connectivity index (χ4n) is 3.94. The quantitative estimate of drug-likeness (QED) is 0.359. The van der Waals surface area contributed by atoms with Gasteiger partial charge in [0.25, 0.3) is 11.8 Å². The van der Waals surface area contributed by atoms with Crippen molar-refractivity contribution in [2.75, 3.05) is 20.2 Å². The maximum atomic E-state index is 13.8. The van der Waals surface area contributed by atoms with Crippen LogP contribution in [0.4, 0.5) is 13.2 Å². The fourth-order valence-corrected chi connectivity index (χ4v) is 4.20. The molecule has 0 saturated heterocycles. The Hall–Kier alpha value is -4.22. The molecule has 0 saturated carbocycles. The van der Waals surface area contributed by atoms with Gasteiger partial charge >= 0.3 is 12.1 Å². The van der Waals surface area contributed by atoms with Gasteiger partial charge in [-0.1, -0.05) is 29.8 Å². The van der Waals surface area contributed by atoms with E-state index >= 15 is 0 Å². The summed E-state index contributed by atoms with van der Waals surface area (Å²) in [5, 5.41) is 22.5. The van der Waals surface area contributed by atoms with Gasteiger partial charge in [0.2, 0.25) is 0 Å². The van der Waals surface area contributed by atoms with E-state index in [9.17, 15) is 32.7 Å². The normalized spacial score (nSPS) is 11.5. The lowest BCUT2D eigenvalue weighted by Crippen LogP contribution is -2.29. The monoisotopic (exact) mass is 545 g/mol. The van der Waals surface area contributed by atoms with Crippen LogP contribution in [0.2, 0.25) is 5.02 Å². The Bertz CT molecular complexity index is 1570. The van der Waals surface area contributed by atoms with Crippen LogP contribution >= 0.6 is 11.6 Å². The molecule has 1 amide bonds. The Morgan fingerprint density at radius 1 is 1.03 bits per heavy atom. The van der Waals surface area contributed by atoms with Gasteiger partial charge in [0.05, 0.1) is 33.8 Å². The van der Waals surface area contributed by atoms with Crippen molar-refractivity contribution in [1.29, 1.82) is 0 Å². The minimum absolute atomic E-state index is 0.000690. The first-order chi connectivity index (χ1) is 17.9. The first-order valence-electron chi connectivity index (χ1n) is 11.1. The molecule has 0 radical (unpaired) electrons. The van der Waals surface area contributed by atoms with Crippen molar-refractivity contribution < 1.29 is 37.8 Å². The number of aromatic carboxylic acids is 1. The van der Waals surface area contributed by atoms with Crippen molar-refractivity contribution in [1.82, 2.24) is 14.7 Å². The predicted octanol–water partition coefficient (Wildman–Crippen LogP) is 4.83. The molecule has 1 aromatic heterocycles. The molecule has 0 fully saturated rings. The topological polar surface area (TPSA) is 113 Å². The minimum Gasteiger partial charge on any atom is -0.478 e. The van der Waals surface area contributed by atoms with E-state index in [1.54, 1.807) is 0 Å². The van der Waals surface area contributed by atoms with E-state index in [-0.39, 0.29) is 35.5 Å². The second kappa shape index (κ2) is 10.3. The molecule has 38 heavy (non-hydrogen) atoms. The number of benzene rings is 3. The molecule has 1 heterocycles. The molecule has 0 aliphatic carbocycles. The van der Waals surface area contributed by atoms with E-state index in [0.717, 1.165) is 22.9 Å². The number of rotatable bonds is 6. The molecule has 4 aromatic rings. The zero-order chi connectivity index (χ0) is 27.8. The van der Waals surface area contributed by atoms with Gasteiger partial charge in [0, 0.05) is 30.1 Å². The van der Waals surface area contributed by atoms with Crippen LogP contribution in [0.5, 0.6) is 0 Å². The van der Waals surface area contributed by atoms with Crippen LogP contribution in [-0.4, -0.2) is 62.9 Å². The van der Waals surface area contributed by atoms with E-state index in [1.165, 1.54) is 54.4 Å². The van der Waals surface area contributed by atoms with Crippen LogP contribution in [0.3, 0.4) is 0 Å². The number of aliphatic hydroxyl groups is 1. The van der Waals surface area contributed by atoms with Gasteiger partial charge in [-0.25, -0.2) is 4.79 Å². The molecular formula is C26H19ClF3N3O5. The molecule has 2 N–H and O–H groups in total. The zero-order valence-electron chi connectivity index (χ0n) is 19.7. The van der Waals surface area contributed by atoms with Crippen LogP contribution in [0, 0.1) is 0 Å². The number of amides is 1. The first kappa shape index (κ1) is 26.8. The lowest BCUT2D eigenvalue weighted by molar-refractivity contribution is -0.137. The number of fused-ring (bicyclic) bond motifs is 1. The SMILES string of the molecule is CN(CCO)C(=O)c1ccc2c(-c3ccc(C(=O)O)cc3)nn(C(=O)c3c(Cl)cccc3C(F)(F)F)c2c1. The largest absolute Gasteiger partial charge is 0.478 e. The highest BCUT2D eigenvalue weighted by molar-refractivity contribution is 6.34. The molecule has 12 heteroatoms. The molecule has 8 nitrogen and oxygen atoms in total. The molecule has 0 spiro atoms. The highest BCUT2D eigenvalue weighted by Crippen LogP contribution is 2.37. The molecular weight excluding hydrogens is 527 g/mol. The lowest BCUT2D eigenvalue weighted by Gasteiger charge is -2.16. The third-order valence-electron chi connectivity index (χ3n) is 5.84. The summed E-state index contributed by atoms with van der Waals surface area (Å²) in [5.74, 6) is -2.83. The van der Waals surface area contributed by atoms with E-state index < -0.39 is 40.1 Å². The van der Waals surface area contributed by atoms with Crippen LogP contribution in [0.15, 0.2) is 60.7 Å². The Morgan fingerprint density at radius 3 is 2.29 bits per heavy atom. The van der Waals surface area contributed by atoms with Crippen LogP contribution in [-0.2, 0) is 6.18 Å². The van der Waals surface area contributed by atoms with E-state index in [4.69, 9.17) is 16.7 Å². The van der Waals surface area contributed by atoms with Crippen molar-refractivity contribution >= 4 is 40.3 Å². The summed E-state index contributed by atoms with van der Waals surface area (Å²) in [6.07, 6.45) is -4.89. The average molecular weight is 546 g/mol. The van der Waals surface area contributed by atoms with Crippen molar-refractivity contribution in [2.45, 2.75) is 6.18 Å². The number of carboxylic acid groups (broad SMARTS) is 1. The summed E-state index contributed by atoms with van der Waals surface area (Å²) in [4.78, 5) is 38.9. The number of halogens is 4. The molecule has 0 unspecified atom stereocenters. The van der Waals surface area contributed by atoms with Gasteiger partial charge < -0.3 is 15.1 Å². The van der Waals surface area contributed by atoms with Crippen molar-refractivity contribution in [3.05, 3.63) is 87.9 Å². The Labute approximate surface area is 218 Å². The van der Waals surface area contributed by atoms with E-state index in [2.05, 4.69) is 5.10 Å². The maximum Gasteiger partial charge on any atom is 0.417 e. The molecule has 0 aliphatic heterocycles. The van der Waals surface area contributed by atoms with Gasteiger partial charge in [0.1, 0.15) is 5.69 Å². The lowest BCUT2D eigenvalue weighted by atomic mass is 10.0. The van der Waals surface area contributed by atoms with Crippen molar-refractivity contribution in [3.8, 4) is 11.3 Å². The zero-order valence-corrected chi connectivity index (χ0v) is 20.4. The number of likely N-dealkylation sites (N-methyl/N-ethyl adjacent to an activating group) is 1. The summed E-state index contributed by atoms with van der Waals surface area (Å²) in [5.41, 5.74) is -1.37. The molecule has 3 aromatic carbocycles. The fraction of sp³-hybridized carbons (Fsp3) is 0.154. The third kappa shape index (κ3) is 4.98. The summed E-state index contributed by atoms with van der Waals surface area (Å²) < 4.78 is 42.0. The smallest absolute Gasteiger partial charge is 0.417 e. The molecule has 0 aliphatic rings. The number of alkyl halides is 3. The molecule has 4 rings (SSSR count). The number of aliphatic hydroxyl groups excluding tert-OH is 1. The summed E-state index contributed by atoms with van der Waals surface area (Å²) in [6.45, 7) is -0.255. The van der Waals surface area contributed by atoms with Gasteiger partial charge in [-0.15, -0.1) is 0 Å². The second-order valence-electron chi connectivity index (χ2n) is 8.29. The molecule has 196 valence electrons. The standard InChI is InChI=1S/C26H19ClF3N3O5/c1-32(11-12-34)23(35)16-9-10-17-20(13-16)33(31-22(17)14-5-7-15(8-6-14)25(37)38)24(36)21-18(26(28,29)30)3-2-4-19(21)27/h2-10,13,34H,11-12H2,1H3,(H,37,38). The second-order valence-corrected chi connectivity index (χ2v) is 8.70. The summed E-state index contributed by atoms with van der Waals surface area (Å²) in [6, 6.07) is 12.8. The highest BCUT2D eigenvalue weighted by atomic mass is 35.5. The first-order valence-corrected chi connectivity index (χ1v) is 11.4. The summed E-state index contributed by atoms with van der Waals surface area (Å²) in [7, 11) is 1.46. The maximum absolute atomic E-state index is 13.8. The number of nitrogens with zero attached hydrogens (tertiary/aromatic N) is 3. The summed E-state index contributed by atoms with van der Waals surface area (Å²) >= 11 is 6.06. The van der Waals surface area contributed by atoms with E-state index in [1.807, 2.05) is 0 Å². The number of aromatic nitrogens is 2. The molecule has 0 bridgehead atoms. The average Bonchev–Trinajstić information content (AvgIpc) is 3.26. The van der Waals surface area contributed by atoms with Gasteiger partial charge in [0.15, 0.2) is 0 Å². The Morgan fingerprint density at radius 2 is 1.68 bits per heavy atom. The number of carboxylic acids is 1. The van der Waals surface area contributed by atoms with Gasteiger partial charge in [-0.2, -0.15) is 23.0 Å². The number of hydrogen-bond donors (Lipinski definition) is 2.